The van der Waals surface area contributed by atoms with Crippen molar-refractivity contribution in [2.75, 3.05) is 29.9 Å². The number of nitrogens with zero attached hydrogens (tertiary/aromatic N) is 2. The highest BCUT2D eigenvalue weighted by Gasteiger charge is 2.31. The molecule has 1 N–H and O–H groups in total. The number of anilines is 1. The smallest absolute Gasteiger partial charge is 0.244 e. The summed E-state index contributed by atoms with van der Waals surface area (Å²) in [5.74, 6) is -0.131. The van der Waals surface area contributed by atoms with Crippen LogP contribution in [0, 0.1) is 0 Å². The first-order valence-corrected chi connectivity index (χ1v) is 13.9. The van der Waals surface area contributed by atoms with Gasteiger partial charge < -0.3 is 19.7 Å². The Morgan fingerprint density at radius 3 is 2.44 bits per heavy atom. The van der Waals surface area contributed by atoms with Gasteiger partial charge in [0.05, 0.1) is 11.4 Å². The Balaban J connectivity index is 1.90. The second-order valence-electron chi connectivity index (χ2n) is 8.41. The fourth-order valence-electron chi connectivity index (χ4n) is 3.67. The molecule has 2 aromatic rings. The van der Waals surface area contributed by atoms with Gasteiger partial charge in [0.25, 0.3) is 0 Å². The van der Waals surface area contributed by atoms with Crippen molar-refractivity contribution in [2.24, 2.45) is 0 Å². The normalized spacial score (nSPS) is 13.2. The van der Waals surface area contributed by atoms with Crippen LogP contribution in [0.25, 0.3) is 0 Å². The number of carbonyl (C=O) groups is 2. The fourth-order valence-corrected chi connectivity index (χ4v) is 4.84. The molecule has 1 heterocycles. The number of fused-ring (bicyclic) bond motifs is 1. The van der Waals surface area contributed by atoms with Crippen LogP contribution in [0.15, 0.2) is 42.5 Å². The maximum Gasteiger partial charge on any atom is 0.244 e. The molecule has 1 aliphatic rings. The van der Waals surface area contributed by atoms with Crippen LogP contribution in [0.1, 0.15) is 39.2 Å². The van der Waals surface area contributed by atoms with Crippen molar-refractivity contribution in [2.45, 2.75) is 46.2 Å². The van der Waals surface area contributed by atoms with Crippen LogP contribution in [0.3, 0.4) is 0 Å². The third-order valence-electron chi connectivity index (χ3n) is 5.89. The highest BCUT2D eigenvalue weighted by molar-refractivity contribution is 7.92. The van der Waals surface area contributed by atoms with Crippen LogP contribution in [0.5, 0.6) is 11.5 Å². The molecule has 0 bridgehead atoms. The number of amides is 2. The molecule has 0 saturated heterocycles. The molecule has 0 spiro atoms. The van der Waals surface area contributed by atoms with E-state index < -0.39 is 28.5 Å². The third kappa shape index (κ3) is 6.82. The summed E-state index contributed by atoms with van der Waals surface area (Å²) in [5, 5.41) is 3.40. The highest BCUT2D eigenvalue weighted by atomic mass is 35.5. The Bertz CT molecular complexity index is 1170. The first-order chi connectivity index (χ1) is 17.2. The lowest BCUT2D eigenvalue weighted by Crippen LogP contribution is -2.51. The lowest BCUT2D eigenvalue weighted by molar-refractivity contribution is -0.139. The van der Waals surface area contributed by atoms with E-state index >= 15 is 0 Å². The summed E-state index contributed by atoms with van der Waals surface area (Å²) in [6, 6.07) is 10.8. The second-order valence-corrected chi connectivity index (χ2v) is 11.0. The van der Waals surface area contributed by atoms with Gasteiger partial charge in [-0.15, -0.1) is 0 Å². The minimum absolute atomic E-state index is 0.0395. The molecule has 9 nitrogen and oxygen atoms in total. The molecule has 1 atom stereocenters. The van der Waals surface area contributed by atoms with Gasteiger partial charge >= 0.3 is 0 Å². The van der Waals surface area contributed by atoms with Crippen molar-refractivity contribution in [3.05, 3.63) is 53.1 Å². The maximum atomic E-state index is 13.6. The van der Waals surface area contributed by atoms with Gasteiger partial charge in [0, 0.05) is 24.2 Å². The monoisotopic (exact) mass is 537 g/mol. The van der Waals surface area contributed by atoms with E-state index in [2.05, 4.69) is 5.32 Å². The van der Waals surface area contributed by atoms with E-state index in [4.69, 9.17) is 21.1 Å². The van der Waals surface area contributed by atoms with Gasteiger partial charge in [-0.05, 0) is 50.1 Å². The SMILES string of the molecule is CCCCNC(=O)[C@H](C)N(Cc1ccc(Cl)cc1)C(=O)CN(c1ccc2c(c1)OCO2)S(=O)(=O)CC. The van der Waals surface area contributed by atoms with Crippen molar-refractivity contribution < 1.29 is 27.5 Å². The van der Waals surface area contributed by atoms with Crippen LogP contribution in [-0.4, -0.2) is 56.8 Å². The van der Waals surface area contributed by atoms with Gasteiger partial charge in [0.2, 0.25) is 28.6 Å². The molecule has 196 valence electrons. The topological polar surface area (TPSA) is 105 Å². The van der Waals surface area contributed by atoms with E-state index in [1.54, 1.807) is 43.3 Å². The van der Waals surface area contributed by atoms with E-state index in [9.17, 15) is 18.0 Å². The van der Waals surface area contributed by atoms with Crippen molar-refractivity contribution >= 4 is 39.1 Å². The number of nitrogens with one attached hydrogen (secondary N) is 1. The Labute approximate surface area is 217 Å². The number of unbranched alkanes of at least 4 members (excludes halogenated alkanes) is 1. The standard InChI is InChI=1S/C25H32ClN3O6S/c1-4-6-13-27-25(31)18(3)28(15-19-7-9-20(26)10-8-19)24(30)16-29(36(32,33)5-2)21-11-12-22-23(14-21)35-17-34-22/h7-12,14,18H,4-6,13,15-17H2,1-3H3,(H,27,31)/t18-/m0/s1. The molecule has 2 aromatic carbocycles. The molecule has 2 amide bonds. The summed E-state index contributed by atoms with van der Waals surface area (Å²) in [6.07, 6.45) is 1.73. The molecule has 0 aliphatic carbocycles. The average molecular weight is 538 g/mol. The molecule has 0 fully saturated rings. The largest absolute Gasteiger partial charge is 0.454 e. The summed E-state index contributed by atoms with van der Waals surface area (Å²) in [5.41, 5.74) is 1.04. The second kappa shape index (κ2) is 12.3. The zero-order chi connectivity index (χ0) is 26.3. The zero-order valence-electron chi connectivity index (χ0n) is 20.7. The number of carbonyl (C=O) groups excluding carboxylic acids is 2. The lowest BCUT2D eigenvalue weighted by atomic mass is 10.1. The van der Waals surface area contributed by atoms with Crippen LogP contribution >= 0.6 is 11.6 Å². The van der Waals surface area contributed by atoms with Gasteiger partial charge in [-0.25, -0.2) is 8.42 Å². The fraction of sp³-hybridized carbons (Fsp3) is 0.440. The molecule has 0 unspecified atom stereocenters. The zero-order valence-corrected chi connectivity index (χ0v) is 22.3. The quantitative estimate of drug-likeness (QED) is 0.415. The third-order valence-corrected chi connectivity index (χ3v) is 7.88. The number of hydrogen-bond donors (Lipinski definition) is 1. The van der Waals surface area contributed by atoms with Crippen molar-refractivity contribution in [1.82, 2.24) is 10.2 Å². The van der Waals surface area contributed by atoms with Crippen molar-refractivity contribution in [3.8, 4) is 11.5 Å². The van der Waals surface area contributed by atoms with E-state index in [0.717, 1.165) is 22.7 Å². The summed E-state index contributed by atoms with van der Waals surface area (Å²) in [6.45, 7) is 5.33. The van der Waals surface area contributed by atoms with Gasteiger partial charge in [-0.3, -0.25) is 13.9 Å². The molecular weight excluding hydrogens is 506 g/mol. The molecule has 0 saturated carbocycles. The summed E-state index contributed by atoms with van der Waals surface area (Å²) < 4.78 is 37.8. The number of rotatable bonds is 12. The molecule has 11 heteroatoms. The number of sulfonamides is 1. The summed E-state index contributed by atoms with van der Waals surface area (Å²) in [7, 11) is -3.83. The predicted octanol–water partition coefficient (Wildman–Crippen LogP) is 3.56. The number of hydrogen-bond acceptors (Lipinski definition) is 6. The first-order valence-electron chi connectivity index (χ1n) is 11.9. The van der Waals surface area contributed by atoms with Crippen LogP contribution in [0.4, 0.5) is 5.69 Å². The molecular formula is C25H32ClN3O6S. The molecule has 1 aliphatic heterocycles. The average Bonchev–Trinajstić information content (AvgIpc) is 3.34. The van der Waals surface area contributed by atoms with Crippen molar-refractivity contribution in [1.29, 1.82) is 0 Å². The molecule has 3 rings (SSSR count). The van der Waals surface area contributed by atoms with Gasteiger partial charge in [0.1, 0.15) is 12.6 Å². The molecule has 0 aromatic heterocycles. The number of benzene rings is 2. The van der Waals surface area contributed by atoms with Crippen molar-refractivity contribution in [3.63, 3.8) is 0 Å². The number of ether oxygens (including phenoxy) is 2. The molecule has 36 heavy (non-hydrogen) atoms. The Kier molecular flexibility index (Phi) is 9.44. The van der Waals surface area contributed by atoms with Crippen LogP contribution in [-0.2, 0) is 26.2 Å². The van der Waals surface area contributed by atoms with Crippen LogP contribution < -0.4 is 19.1 Å². The molecule has 0 radical (unpaired) electrons. The Morgan fingerprint density at radius 1 is 1.08 bits per heavy atom. The minimum atomic E-state index is -3.83. The highest BCUT2D eigenvalue weighted by Crippen LogP contribution is 2.36. The maximum absolute atomic E-state index is 13.6. The lowest BCUT2D eigenvalue weighted by Gasteiger charge is -2.32. The van der Waals surface area contributed by atoms with E-state index in [1.807, 2.05) is 6.92 Å². The van der Waals surface area contributed by atoms with Gasteiger partial charge in [0.15, 0.2) is 11.5 Å². The minimum Gasteiger partial charge on any atom is -0.454 e. The first kappa shape index (κ1) is 27.6. The number of halogens is 1. The van der Waals surface area contributed by atoms with E-state index in [0.29, 0.717) is 23.1 Å². The van der Waals surface area contributed by atoms with E-state index in [1.165, 1.54) is 17.9 Å². The van der Waals surface area contributed by atoms with Gasteiger partial charge in [-0.1, -0.05) is 37.1 Å². The summed E-state index contributed by atoms with van der Waals surface area (Å²) >= 11 is 6.00. The predicted molar refractivity (Wildman–Crippen MR) is 139 cm³/mol. The Hall–Kier alpha value is -2.98. The van der Waals surface area contributed by atoms with Gasteiger partial charge in [-0.2, -0.15) is 0 Å². The Morgan fingerprint density at radius 2 is 1.78 bits per heavy atom. The van der Waals surface area contributed by atoms with E-state index in [-0.39, 0.29) is 30.7 Å². The van der Waals surface area contributed by atoms with Crippen LogP contribution in [0.2, 0.25) is 5.02 Å². The summed E-state index contributed by atoms with van der Waals surface area (Å²) in [4.78, 5) is 27.9.